The Morgan fingerprint density at radius 3 is 2.75 bits per heavy atom. The number of sulfonamides is 1. The Balaban J connectivity index is 1.89. The predicted molar refractivity (Wildman–Crippen MR) is 69.6 cm³/mol. The van der Waals surface area contributed by atoms with Crippen molar-refractivity contribution in [1.82, 2.24) is 9.62 Å². The standard InChI is InChI=1S/C13H16F2N2O2S/c14-10-3-4-13(11(15)6-10)20(18,19)17-7-9-2-1-5-16-12(9)8-17/h3-4,6,9,12,16H,1-2,5,7-8H2. The number of nitrogens with one attached hydrogen (secondary N) is 1. The van der Waals surface area contributed by atoms with Gasteiger partial charge in [-0.15, -0.1) is 0 Å². The van der Waals surface area contributed by atoms with Crippen LogP contribution in [0.1, 0.15) is 12.8 Å². The molecule has 2 aliphatic heterocycles. The molecular weight excluding hydrogens is 286 g/mol. The van der Waals surface area contributed by atoms with Gasteiger partial charge in [-0.05, 0) is 37.4 Å². The molecule has 2 fully saturated rings. The molecule has 0 aliphatic carbocycles. The van der Waals surface area contributed by atoms with Crippen molar-refractivity contribution in [3.8, 4) is 0 Å². The van der Waals surface area contributed by atoms with E-state index in [1.54, 1.807) is 0 Å². The fraction of sp³-hybridized carbons (Fsp3) is 0.538. The lowest BCUT2D eigenvalue weighted by Gasteiger charge is -2.24. The van der Waals surface area contributed by atoms with E-state index in [2.05, 4.69) is 5.32 Å². The highest BCUT2D eigenvalue weighted by Crippen LogP contribution is 2.30. The largest absolute Gasteiger partial charge is 0.312 e. The molecule has 2 aliphatic rings. The fourth-order valence-corrected chi connectivity index (χ4v) is 4.60. The zero-order valence-electron chi connectivity index (χ0n) is 10.9. The lowest BCUT2D eigenvalue weighted by atomic mass is 9.94. The molecule has 4 nitrogen and oxygen atoms in total. The fourth-order valence-electron chi connectivity index (χ4n) is 3.03. The van der Waals surface area contributed by atoms with Crippen LogP contribution in [0.2, 0.25) is 0 Å². The Morgan fingerprint density at radius 2 is 2.05 bits per heavy atom. The van der Waals surface area contributed by atoms with E-state index in [1.165, 1.54) is 4.31 Å². The Kier molecular flexibility index (Phi) is 3.51. The zero-order chi connectivity index (χ0) is 14.3. The molecule has 7 heteroatoms. The number of fused-ring (bicyclic) bond motifs is 1. The number of nitrogens with zero attached hydrogens (tertiary/aromatic N) is 1. The number of rotatable bonds is 2. The molecule has 3 rings (SSSR count). The van der Waals surface area contributed by atoms with E-state index >= 15 is 0 Å². The minimum absolute atomic E-state index is 0.141. The quantitative estimate of drug-likeness (QED) is 0.897. The summed E-state index contributed by atoms with van der Waals surface area (Å²) in [5, 5.41) is 3.30. The number of hydrogen-bond donors (Lipinski definition) is 1. The van der Waals surface area contributed by atoms with Crippen LogP contribution in [0.25, 0.3) is 0 Å². The van der Waals surface area contributed by atoms with Gasteiger partial charge in [0.15, 0.2) is 0 Å². The highest BCUT2D eigenvalue weighted by molar-refractivity contribution is 7.89. The molecule has 0 spiro atoms. The molecule has 0 radical (unpaired) electrons. The minimum Gasteiger partial charge on any atom is -0.312 e. The third-order valence-electron chi connectivity index (χ3n) is 4.08. The lowest BCUT2D eigenvalue weighted by Crippen LogP contribution is -2.41. The third-order valence-corrected chi connectivity index (χ3v) is 5.94. The van der Waals surface area contributed by atoms with Crippen molar-refractivity contribution < 1.29 is 17.2 Å². The normalized spacial score (nSPS) is 27.5. The average molecular weight is 302 g/mol. The molecule has 1 aromatic carbocycles. The maximum atomic E-state index is 13.7. The minimum atomic E-state index is -3.89. The van der Waals surface area contributed by atoms with Crippen molar-refractivity contribution in [3.63, 3.8) is 0 Å². The molecule has 0 bridgehead atoms. The van der Waals surface area contributed by atoms with Crippen LogP contribution in [-0.4, -0.2) is 38.4 Å². The molecule has 2 atom stereocenters. The van der Waals surface area contributed by atoms with Crippen LogP contribution in [0, 0.1) is 17.6 Å². The van der Waals surface area contributed by atoms with E-state index < -0.39 is 26.6 Å². The van der Waals surface area contributed by atoms with Gasteiger partial charge in [-0.1, -0.05) is 0 Å². The highest BCUT2D eigenvalue weighted by atomic mass is 32.2. The first kappa shape index (κ1) is 13.9. The van der Waals surface area contributed by atoms with Gasteiger partial charge in [-0.3, -0.25) is 0 Å². The van der Waals surface area contributed by atoms with Crippen molar-refractivity contribution in [1.29, 1.82) is 0 Å². The Bertz CT molecular complexity index is 607. The predicted octanol–water partition coefficient (Wildman–Crippen LogP) is 1.34. The van der Waals surface area contributed by atoms with Crippen LogP contribution in [-0.2, 0) is 10.0 Å². The summed E-state index contributed by atoms with van der Waals surface area (Å²) in [4.78, 5) is -0.447. The van der Waals surface area contributed by atoms with Gasteiger partial charge in [0.2, 0.25) is 10.0 Å². The second-order valence-electron chi connectivity index (χ2n) is 5.36. The molecule has 0 saturated carbocycles. The van der Waals surface area contributed by atoms with E-state index in [0.717, 1.165) is 31.5 Å². The van der Waals surface area contributed by atoms with E-state index in [4.69, 9.17) is 0 Å². The molecule has 20 heavy (non-hydrogen) atoms. The topological polar surface area (TPSA) is 49.4 Å². The Hall–Kier alpha value is -1.05. The van der Waals surface area contributed by atoms with Gasteiger partial charge in [0, 0.05) is 25.2 Å². The van der Waals surface area contributed by atoms with Gasteiger partial charge in [0.1, 0.15) is 16.5 Å². The SMILES string of the molecule is O=S(=O)(c1ccc(F)cc1F)N1CC2CCCNC2C1. The Morgan fingerprint density at radius 1 is 1.25 bits per heavy atom. The smallest absolute Gasteiger partial charge is 0.246 e. The van der Waals surface area contributed by atoms with Crippen LogP contribution < -0.4 is 5.32 Å². The summed E-state index contributed by atoms with van der Waals surface area (Å²) in [6.07, 6.45) is 2.01. The first-order valence-electron chi connectivity index (χ1n) is 6.67. The second kappa shape index (κ2) is 5.05. The number of hydrogen-bond acceptors (Lipinski definition) is 3. The van der Waals surface area contributed by atoms with Crippen LogP contribution in [0.5, 0.6) is 0 Å². The molecule has 0 amide bonds. The second-order valence-corrected chi connectivity index (χ2v) is 7.27. The van der Waals surface area contributed by atoms with Crippen molar-refractivity contribution in [2.75, 3.05) is 19.6 Å². The van der Waals surface area contributed by atoms with Gasteiger partial charge in [-0.25, -0.2) is 17.2 Å². The van der Waals surface area contributed by atoms with Gasteiger partial charge in [-0.2, -0.15) is 4.31 Å². The van der Waals surface area contributed by atoms with Crippen molar-refractivity contribution >= 4 is 10.0 Å². The van der Waals surface area contributed by atoms with Crippen molar-refractivity contribution in [3.05, 3.63) is 29.8 Å². The van der Waals surface area contributed by atoms with Crippen LogP contribution >= 0.6 is 0 Å². The first-order valence-corrected chi connectivity index (χ1v) is 8.11. The average Bonchev–Trinajstić information content (AvgIpc) is 2.82. The highest BCUT2D eigenvalue weighted by Gasteiger charge is 2.40. The summed E-state index contributed by atoms with van der Waals surface area (Å²) in [5.41, 5.74) is 0. The van der Waals surface area contributed by atoms with Crippen LogP contribution in [0.4, 0.5) is 8.78 Å². The maximum Gasteiger partial charge on any atom is 0.246 e. The van der Waals surface area contributed by atoms with Gasteiger partial charge in [0.25, 0.3) is 0 Å². The van der Waals surface area contributed by atoms with Crippen molar-refractivity contribution in [2.45, 2.75) is 23.8 Å². The summed E-state index contributed by atoms with van der Waals surface area (Å²) in [5.74, 6) is -1.53. The molecule has 2 unspecified atom stereocenters. The van der Waals surface area contributed by atoms with E-state index in [1.807, 2.05) is 0 Å². The van der Waals surface area contributed by atoms with E-state index in [-0.39, 0.29) is 12.0 Å². The molecule has 2 heterocycles. The Labute approximate surface area is 116 Å². The summed E-state index contributed by atoms with van der Waals surface area (Å²) < 4.78 is 52.8. The monoisotopic (exact) mass is 302 g/mol. The van der Waals surface area contributed by atoms with Gasteiger partial charge >= 0.3 is 0 Å². The van der Waals surface area contributed by atoms with E-state index in [9.17, 15) is 17.2 Å². The summed E-state index contributed by atoms with van der Waals surface area (Å²) in [7, 11) is -3.89. The number of piperidine rings is 1. The van der Waals surface area contributed by atoms with E-state index in [0.29, 0.717) is 19.2 Å². The molecule has 0 aromatic heterocycles. The van der Waals surface area contributed by atoms with Crippen molar-refractivity contribution in [2.24, 2.45) is 5.92 Å². The summed E-state index contributed by atoms with van der Waals surface area (Å²) >= 11 is 0. The molecular formula is C13H16F2N2O2S. The molecule has 2 saturated heterocycles. The number of benzene rings is 1. The van der Waals surface area contributed by atoms with Gasteiger partial charge < -0.3 is 5.32 Å². The molecule has 1 aromatic rings. The summed E-state index contributed by atoms with van der Waals surface area (Å²) in [6, 6.07) is 2.71. The zero-order valence-corrected chi connectivity index (χ0v) is 11.7. The number of halogens is 2. The maximum absolute atomic E-state index is 13.7. The molecule has 110 valence electrons. The third kappa shape index (κ3) is 2.34. The lowest BCUT2D eigenvalue weighted by molar-refractivity contribution is 0.339. The van der Waals surface area contributed by atoms with Gasteiger partial charge in [0.05, 0.1) is 0 Å². The molecule has 1 N–H and O–H groups in total. The first-order chi connectivity index (χ1) is 9.48. The summed E-state index contributed by atoms with van der Waals surface area (Å²) in [6.45, 7) is 1.64. The van der Waals surface area contributed by atoms with Crippen LogP contribution in [0.15, 0.2) is 23.1 Å². The van der Waals surface area contributed by atoms with Crippen LogP contribution in [0.3, 0.4) is 0 Å².